The number of halogens is 1. The number of nitrogens with zero attached hydrogens (tertiary/aromatic N) is 1. The maximum absolute atomic E-state index is 5.11. The number of nitrogens with one attached hydrogen (secondary N) is 1. The summed E-state index contributed by atoms with van der Waals surface area (Å²) >= 11 is 0. The van der Waals surface area contributed by atoms with Gasteiger partial charge in [-0.05, 0) is 17.2 Å². The first-order chi connectivity index (χ1) is 6.93. The summed E-state index contributed by atoms with van der Waals surface area (Å²) in [5.74, 6) is 0.833. The van der Waals surface area contributed by atoms with Crippen molar-refractivity contribution in [2.24, 2.45) is 0 Å². The molecule has 4 heteroatoms. The molecule has 78 valence electrons. The lowest BCUT2D eigenvalue weighted by atomic mass is 10.1. The third-order valence-corrected chi connectivity index (χ3v) is 2.56. The Hall–Kier alpha value is -1.32. The molecular formula is C11H11ClN2O. The highest BCUT2D eigenvalue weighted by molar-refractivity contribution is 5.85. The fourth-order valence-electron chi connectivity index (χ4n) is 1.81. The topological polar surface area (TPSA) is 38.1 Å². The van der Waals surface area contributed by atoms with Gasteiger partial charge in [-0.2, -0.15) is 0 Å². The third kappa shape index (κ3) is 1.76. The standard InChI is InChI=1S/C11H10N2O.ClH/c1-2-9-6-12-7-10(9)5-8(1)11-3-4-13-14-11;/h1-5,12H,6-7H2;1H. The summed E-state index contributed by atoms with van der Waals surface area (Å²) in [7, 11) is 0. The number of benzene rings is 1. The van der Waals surface area contributed by atoms with Gasteiger partial charge in [-0.3, -0.25) is 0 Å². The maximum atomic E-state index is 5.11. The summed E-state index contributed by atoms with van der Waals surface area (Å²) in [5, 5.41) is 7.02. The van der Waals surface area contributed by atoms with E-state index in [4.69, 9.17) is 4.52 Å². The quantitative estimate of drug-likeness (QED) is 0.805. The van der Waals surface area contributed by atoms with Crippen molar-refractivity contribution in [1.82, 2.24) is 10.5 Å². The van der Waals surface area contributed by atoms with Gasteiger partial charge >= 0.3 is 0 Å². The van der Waals surface area contributed by atoms with Crippen LogP contribution in [0, 0.1) is 0 Å². The highest BCUT2D eigenvalue weighted by Gasteiger charge is 2.11. The van der Waals surface area contributed by atoms with Gasteiger partial charge in [0, 0.05) is 24.7 Å². The van der Waals surface area contributed by atoms with Crippen LogP contribution in [-0.2, 0) is 13.1 Å². The smallest absolute Gasteiger partial charge is 0.166 e. The molecule has 1 aromatic heterocycles. The molecule has 1 aliphatic heterocycles. The van der Waals surface area contributed by atoms with E-state index in [1.54, 1.807) is 6.20 Å². The molecule has 1 aromatic carbocycles. The lowest BCUT2D eigenvalue weighted by Gasteiger charge is -1.99. The first kappa shape index (κ1) is 10.2. The number of aromatic nitrogens is 1. The molecule has 0 amide bonds. The minimum absolute atomic E-state index is 0. The Labute approximate surface area is 93.9 Å². The molecular weight excluding hydrogens is 212 g/mol. The molecule has 15 heavy (non-hydrogen) atoms. The summed E-state index contributed by atoms with van der Waals surface area (Å²) in [4.78, 5) is 0. The summed E-state index contributed by atoms with van der Waals surface area (Å²) < 4.78 is 5.11. The van der Waals surface area contributed by atoms with Crippen molar-refractivity contribution in [3.8, 4) is 11.3 Å². The third-order valence-electron chi connectivity index (χ3n) is 2.56. The Kier molecular flexibility index (Phi) is 2.75. The fourth-order valence-corrected chi connectivity index (χ4v) is 1.81. The van der Waals surface area contributed by atoms with Crippen molar-refractivity contribution in [2.75, 3.05) is 0 Å². The molecule has 0 bridgehead atoms. The van der Waals surface area contributed by atoms with E-state index in [1.165, 1.54) is 11.1 Å². The second-order valence-corrected chi connectivity index (χ2v) is 3.46. The fraction of sp³-hybridized carbons (Fsp3) is 0.182. The zero-order chi connectivity index (χ0) is 9.38. The molecule has 3 rings (SSSR count). The first-order valence-corrected chi connectivity index (χ1v) is 4.67. The van der Waals surface area contributed by atoms with Gasteiger partial charge < -0.3 is 9.84 Å². The first-order valence-electron chi connectivity index (χ1n) is 4.67. The lowest BCUT2D eigenvalue weighted by molar-refractivity contribution is 0.432. The summed E-state index contributed by atoms with van der Waals surface area (Å²) in [6.45, 7) is 1.93. The van der Waals surface area contributed by atoms with Gasteiger partial charge in [0.15, 0.2) is 5.76 Å². The van der Waals surface area contributed by atoms with Crippen LogP contribution in [0.25, 0.3) is 11.3 Å². The Morgan fingerprint density at radius 3 is 2.80 bits per heavy atom. The Balaban J connectivity index is 0.000000853. The van der Waals surface area contributed by atoms with Crippen molar-refractivity contribution in [2.45, 2.75) is 13.1 Å². The van der Waals surface area contributed by atoms with Gasteiger partial charge in [-0.25, -0.2) is 0 Å². The van der Waals surface area contributed by atoms with Crippen molar-refractivity contribution in [3.63, 3.8) is 0 Å². The normalized spacial score (nSPS) is 13.3. The zero-order valence-corrected chi connectivity index (χ0v) is 8.88. The second-order valence-electron chi connectivity index (χ2n) is 3.46. The molecule has 2 heterocycles. The number of rotatable bonds is 1. The van der Waals surface area contributed by atoms with Gasteiger partial charge in [0.05, 0.1) is 6.20 Å². The average Bonchev–Trinajstić information content (AvgIpc) is 2.88. The van der Waals surface area contributed by atoms with Crippen LogP contribution in [0.5, 0.6) is 0 Å². The summed E-state index contributed by atoms with van der Waals surface area (Å²) in [5.41, 5.74) is 3.84. The van der Waals surface area contributed by atoms with E-state index in [1.807, 2.05) is 6.07 Å². The Morgan fingerprint density at radius 2 is 2.00 bits per heavy atom. The lowest BCUT2D eigenvalue weighted by Crippen LogP contribution is -1.99. The van der Waals surface area contributed by atoms with E-state index in [2.05, 4.69) is 28.7 Å². The van der Waals surface area contributed by atoms with E-state index >= 15 is 0 Å². The van der Waals surface area contributed by atoms with Crippen molar-refractivity contribution < 1.29 is 4.52 Å². The molecule has 0 saturated heterocycles. The van der Waals surface area contributed by atoms with Crippen LogP contribution >= 0.6 is 12.4 Å². The predicted octanol–water partition coefficient (Wildman–Crippen LogP) is 2.37. The SMILES string of the molecule is Cl.c1cc(-c2ccc3c(c2)CNC3)on1. The van der Waals surface area contributed by atoms with Crippen LogP contribution in [0.2, 0.25) is 0 Å². The maximum Gasteiger partial charge on any atom is 0.166 e. The van der Waals surface area contributed by atoms with Gasteiger partial charge in [0.2, 0.25) is 0 Å². The number of hydrogen-bond acceptors (Lipinski definition) is 3. The van der Waals surface area contributed by atoms with Crippen molar-refractivity contribution in [3.05, 3.63) is 41.6 Å². The minimum Gasteiger partial charge on any atom is -0.356 e. The van der Waals surface area contributed by atoms with E-state index in [9.17, 15) is 0 Å². The van der Waals surface area contributed by atoms with Crippen LogP contribution < -0.4 is 5.32 Å². The predicted molar refractivity (Wildman–Crippen MR) is 59.7 cm³/mol. The van der Waals surface area contributed by atoms with Crippen LogP contribution in [0.1, 0.15) is 11.1 Å². The Morgan fingerprint density at radius 1 is 1.13 bits per heavy atom. The van der Waals surface area contributed by atoms with Gasteiger partial charge in [0.1, 0.15) is 0 Å². The largest absolute Gasteiger partial charge is 0.356 e. The summed E-state index contributed by atoms with van der Waals surface area (Å²) in [6, 6.07) is 8.26. The molecule has 0 unspecified atom stereocenters. The Bertz CT molecular complexity index is 454. The molecule has 0 atom stereocenters. The van der Waals surface area contributed by atoms with Crippen LogP contribution in [-0.4, -0.2) is 5.16 Å². The van der Waals surface area contributed by atoms with E-state index in [0.717, 1.165) is 24.4 Å². The molecule has 3 nitrogen and oxygen atoms in total. The van der Waals surface area contributed by atoms with Crippen LogP contribution in [0.3, 0.4) is 0 Å². The number of fused-ring (bicyclic) bond motifs is 1. The molecule has 0 aliphatic carbocycles. The molecule has 1 aliphatic rings. The van der Waals surface area contributed by atoms with E-state index in [0.29, 0.717) is 0 Å². The average molecular weight is 223 g/mol. The van der Waals surface area contributed by atoms with Crippen LogP contribution in [0.4, 0.5) is 0 Å². The molecule has 0 spiro atoms. The molecule has 2 aromatic rings. The molecule has 0 fully saturated rings. The van der Waals surface area contributed by atoms with E-state index < -0.39 is 0 Å². The monoisotopic (exact) mass is 222 g/mol. The number of hydrogen-bond donors (Lipinski definition) is 1. The van der Waals surface area contributed by atoms with Crippen LogP contribution in [0.15, 0.2) is 35.0 Å². The van der Waals surface area contributed by atoms with E-state index in [-0.39, 0.29) is 12.4 Å². The van der Waals surface area contributed by atoms with Gasteiger partial charge in [-0.15, -0.1) is 12.4 Å². The van der Waals surface area contributed by atoms with Gasteiger partial charge in [0.25, 0.3) is 0 Å². The highest BCUT2D eigenvalue weighted by atomic mass is 35.5. The molecule has 1 N–H and O–H groups in total. The van der Waals surface area contributed by atoms with Gasteiger partial charge in [-0.1, -0.05) is 17.3 Å². The molecule has 0 saturated carbocycles. The minimum atomic E-state index is 0. The second kappa shape index (κ2) is 4.04. The molecule has 0 radical (unpaired) electrons. The zero-order valence-electron chi connectivity index (χ0n) is 8.06. The summed E-state index contributed by atoms with van der Waals surface area (Å²) in [6.07, 6.45) is 1.67. The van der Waals surface area contributed by atoms with Crippen molar-refractivity contribution >= 4 is 12.4 Å². The van der Waals surface area contributed by atoms with Crippen molar-refractivity contribution in [1.29, 1.82) is 0 Å². The highest BCUT2D eigenvalue weighted by Crippen LogP contribution is 2.24.